The number of fused-ring (bicyclic) bond motifs is 5. The standard InChI is InChI=1S/C80H94B2N6O6/c1-9-12-15-18-19-20-21-22-23-24-25-26-27-28-29-32-47-64-69-70(75(87(64)81-91-65-48-37-38-49-66(65)92-81)72(84-8)77-80(6,7)61-44-34-36-46-63(61)86-77)73(58-52-54-59(55-53-58)90-56-57(41-30-16-13-10-2)42-31-17-14-11-3)88(82-93-67-50-39-40-51-68(67)94-82)74(69)71(78(83)89)76-79(4,5)60-43-33-35-45-62(60)85-76/h10-11,22-23,33-40,43-46,48-55,57H,2-3,9,12-21,24-32,41-42,47,56H2,1,4-7H3,(H2,83,89)/b23-22-,74-71+,75-72+. The highest BCUT2D eigenvalue weighted by molar-refractivity contribution is 6.51. The summed E-state index contributed by atoms with van der Waals surface area (Å²) >= 11 is 0. The molecule has 11 rings (SSSR count). The first kappa shape index (κ1) is 66.8. The third kappa shape index (κ3) is 14.4. The molecular weight excluding hydrogens is 1160 g/mol. The second-order valence-corrected chi connectivity index (χ2v) is 26.9. The van der Waals surface area contributed by atoms with Crippen molar-refractivity contribution in [2.45, 2.75) is 193 Å². The summed E-state index contributed by atoms with van der Waals surface area (Å²) in [6, 6.07) is 39.7. The molecule has 486 valence electrons. The molecule has 0 radical (unpaired) electrons. The van der Waals surface area contributed by atoms with Crippen LogP contribution in [0.4, 0.5) is 11.4 Å². The van der Waals surface area contributed by atoms with Gasteiger partial charge in [0, 0.05) is 27.3 Å². The number of benzene rings is 5. The van der Waals surface area contributed by atoms with Crippen LogP contribution < -0.4 is 39.8 Å². The fourth-order valence-electron chi connectivity index (χ4n) is 14.4. The molecular formula is C80H94B2N6O6. The van der Waals surface area contributed by atoms with Gasteiger partial charge in [0.2, 0.25) is 5.70 Å². The lowest BCUT2D eigenvalue weighted by molar-refractivity contribution is -0.112. The summed E-state index contributed by atoms with van der Waals surface area (Å²) in [5.74, 6) is 2.63. The number of rotatable bonds is 35. The van der Waals surface area contributed by atoms with E-state index >= 15 is 4.79 Å². The Morgan fingerprint density at radius 2 is 1.05 bits per heavy atom. The lowest BCUT2D eigenvalue weighted by Crippen LogP contribution is -2.47. The SMILES string of the molecule is [C-]#[N+]/C(C1=Nc2ccccc2C1(C)C)=c1\c2c(-c3ccc(OCC(CCCCC=C)CCCCC=C)cc3)n(B3Oc4ccccc4O3)/c(=C(/C(N)=O)C3=Nc4ccccc4C3(C)C)c2c(CCCCCCCC/C=C\CCCCCCCC)n1B1Oc2ccccc2O1. The van der Waals surface area contributed by atoms with Crippen LogP contribution >= 0.6 is 0 Å². The van der Waals surface area contributed by atoms with Crippen LogP contribution in [0.2, 0.25) is 0 Å². The average molecular weight is 1260 g/mol. The molecule has 2 N–H and O–H groups in total. The predicted molar refractivity (Wildman–Crippen MR) is 388 cm³/mol. The maximum absolute atomic E-state index is 15.5. The van der Waals surface area contributed by atoms with Crippen molar-refractivity contribution >= 4 is 65.3 Å². The highest BCUT2D eigenvalue weighted by atomic mass is 16.6. The van der Waals surface area contributed by atoms with Gasteiger partial charge in [0.15, 0.2) is 0 Å². The van der Waals surface area contributed by atoms with E-state index in [1.807, 2.05) is 114 Å². The van der Waals surface area contributed by atoms with Crippen LogP contribution in [0.3, 0.4) is 0 Å². The summed E-state index contributed by atoms with van der Waals surface area (Å²) in [5, 5.41) is 2.30. The number of ether oxygens (including phenoxy) is 1. The van der Waals surface area contributed by atoms with E-state index in [9.17, 15) is 6.57 Å². The van der Waals surface area contributed by atoms with Crippen molar-refractivity contribution in [2.75, 3.05) is 6.61 Å². The fourth-order valence-corrected chi connectivity index (χ4v) is 14.4. The number of unbranched alkanes of at least 4 members (excludes halogenated alkanes) is 16. The van der Waals surface area contributed by atoms with Crippen LogP contribution in [0.15, 0.2) is 169 Å². The molecule has 0 spiro atoms. The monoisotopic (exact) mass is 1260 g/mol. The van der Waals surface area contributed by atoms with Crippen molar-refractivity contribution in [3.8, 4) is 40.0 Å². The number of nitrogens with two attached hydrogens (primary N) is 1. The van der Waals surface area contributed by atoms with Crippen molar-refractivity contribution in [3.05, 3.63) is 198 Å². The maximum Gasteiger partial charge on any atom is 0.743 e. The number of carbonyl (C=O) groups excluding carboxylic acids is 1. The predicted octanol–water partition coefficient (Wildman–Crippen LogP) is 18.6. The van der Waals surface area contributed by atoms with Gasteiger partial charge in [-0.05, 0) is 160 Å². The summed E-state index contributed by atoms with van der Waals surface area (Å²) < 4.78 is 39.0. The molecule has 0 fully saturated rings. The van der Waals surface area contributed by atoms with E-state index in [-0.39, 0.29) is 5.57 Å². The second kappa shape index (κ2) is 31.0. The lowest BCUT2D eigenvalue weighted by Gasteiger charge is -2.24. The number of para-hydroxylation sites is 6. The van der Waals surface area contributed by atoms with Gasteiger partial charge in [0.1, 0.15) is 28.7 Å². The highest BCUT2D eigenvalue weighted by Crippen LogP contribution is 2.46. The van der Waals surface area contributed by atoms with Gasteiger partial charge < -0.3 is 38.0 Å². The van der Waals surface area contributed by atoms with E-state index in [4.69, 9.17) is 39.1 Å². The number of hydrogen-bond acceptors (Lipinski definition) is 8. The van der Waals surface area contributed by atoms with Gasteiger partial charge in [-0.1, -0.05) is 190 Å². The molecule has 4 aliphatic heterocycles. The third-order valence-corrected chi connectivity index (χ3v) is 19.5. The van der Waals surface area contributed by atoms with E-state index in [1.165, 1.54) is 38.5 Å². The summed E-state index contributed by atoms with van der Waals surface area (Å²) in [5.41, 5.74) is 12.8. The quantitative estimate of drug-likeness (QED) is 0.0182. The number of primary amides is 1. The Morgan fingerprint density at radius 3 is 1.56 bits per heavy atom. The zero-order chi connectivity index (χ0) is 65.6. The number of aryl methyl sites for hydroxylation is 1. The number of aliphatic imine (C=N–C) groups is 2. The molecule has 2 aromatic heterocycles. The number of carbonyl (C=O) groups is 1. The molecule has 1 amide bonds. The normalized spacial score (nSPS) is 15.3. The van der Waals surface area contributed by atoms with Crippen LogP contribution in [0.25, 0.3) is 38.1 Å². The first-order valence-corrected chi connectivity index (χ1v) is 34.9. The molecule has 0 atom stereocenters. The van der Waals surface area contributed by atoms with E-state index in [0.717, 1.165) is 142 Å². The van der Waals surface area contributed by atoms with Gasteiger partial charge >= 0.3 is 14.5 Å². The number of allylic oxidation sites excluding steroid dienone is 4. The number of amides is 1. The highest BCUT2D eigenvalue weighted by Gasteiger charge is 2.48. The molecule has 0 saturated heterocycles. The minimum Gasteiger partial charge on any atom is -0.503 e. The summed E-state index contributed by atoms with van der Waals surface area (Å²) in [4.78, 5) is 30.9. The van der Waals surface area contributed by atoms with Crippen LogP contribution in [0, 0.1) is 12.5 Å². The zero-order valence-corrected chi connectivity index (χ0v) is 56.2. The average Bonchev–Trinajstić information content (AvgIpc) is 1.52. The molecule has 12 nitrogen and oxygen atoms in total. The Labute approximate surface area is 558 Å². The smallest absolute Gasteiger partial charge is 0.503 e. The molecule has 14 heteroatoms. The second-order valence-electron chi connectivity index (χ2n) is 26.9. The largest absolute Gasteiger partial charge is 0.743 e. The van der Waals surface area contributed by atoms with Crippen molar-refractivity contribution in [2.24, 2.45) is 21.6 Å². The number of nitrogens with zero attached hydrogens (tertiary/aromatic N) is 5. The van der Waals surface area contributed by atoms with Crippen LogP contribution in [0.1, 0.15) is 193 Å². The van der Waals surface area contributed by atoms with Gasteiger partial charge in [-0.3, -0.25) is 14.8 Å². The molecule has 6 heterocycles. The molecule has 7 aromatic rings. The van der Waals surface area contributed by atoms with Crippen LogP contribution in [-0.4, -0.2) is 47.4 Å². The minimum absolute atomic E-state index is 0.200. The topological polar surface area (TPSA) is 128 Å². The molecule has 94 heavy (non-hydrogen) atoms. The summed E-state index contributed by atoms with van der Waals surface area (Å²) in [6.45, 7) is 28.9. The van der Waals surface area contributed by atoms with E-state index < -0.39 is 31.2 Å². The Bertz CT molecular complexity index is 4060. The fraction of sp³-hybridized carbons (Fsp3) is 0.400. The van der Waals surface area contributed by atoms with Gasteiger partial charge in [0.25, 0.3) is 5.91 Å². The Hall–Kier alpha value is -8.69. The van der Waals surface area contributed by atoms with E-state index in [1.54, 1.807) is 0 Å². The first-order valence-electron chi connectivity index (χ1n) is 34.9. The molecule has 0 saturated carbocycles. The van der Waals surface area contributed by atoms with Crippen molar-refractivity contribution < 1.29 is 28.1 Å². The number of hydrogen-bond donors (Lipinski definition) is 1. The van der Waals surface area contributed by atoms with Crippen LogP contribution in [-0.2, 0) is 22.0 Å². The first-order chi connectivity index (χ1) is 45.9. The van der Waals surface area contributed by atoms with Gasteiger partial charge in [-0.2, -0.15) is 0 Å². The minimum atomic E-state index is -1.18. The molecule has 0 unspecified atom stereocenters. The zero-order valence-electron chi connectivity index (χ0n) is 56.2. The Balaban J connectivity index is 1.14. The molecule has 4 aliphatic rings. The van der Waals surface area contributed by atoms with Gasteiger partial charge in [-0.15, -0.1) is 13.2 Å². The summed E-state index contributed by atoms with van der Waals surface area (Å²) in [7, 11) is -2.27. The summed E-state index contributed by atoms with van der Waals surface area (Å²) in [6.07, 6.45) is 34.1. The van der Waals surface area contributed by atoms with Crippen molar-refractivity contribution in [1.29, 1.82) is 0 Å². The molecule has 0 aliphatic carbocycles. The molecule has 0 bridgehead atoms. The Kier molecular flexibility index (Phi) is 22.0. The van der Waals surface area contributed by atoms with Gasteiger partial charge in [-0.25, -0.2) is 4.85 Å². The maximum atomic E-state index is 15.5. The van der Waals surface area contributed by atoms with E-state index in [2.05, 4.69) is 93.5 Å². The Morgan fingerprint density at radius 1 is 0.585 bits per heavy atom. The lowest BCUT2D eigenvalue weighted by atomic mass is 9.78. The van der Waals surface area contributed by atoms with E-state index in [0.29, 0.717) is 86.2 Å². The molecule has 5 aromatic carbocycles. The number of aromatic nitrogens is 2. The third-order valence-electron chi connectivity index (χ3n) is 19.5. The van der Waals surface area contributed by atoms with Crippen molar-refractivity contribution in [3.63, 3.8) is 0 Å². The van der Waals surface area contributed by atoms with Gasteiger partial charge in [0.05, 0.1) is 57.9 Å². The van der Waals surface area contributed by atoms with Crippen molar-refractivity contribution in [1.82, 2.24) is 8.96 Å². The van der Waals surface area contributed by atoms with Crippen LogP contribution in [0.5, 0.6) is 28.7 Å².